The molecule has 0 aromatic carbocycles. The lowest BCUT2D eigenvalue weighted by atomic mass is 9.89. The lowest BCUT2D eigenvalue weighted by molar-refractivity contribution is 0.0533. The molecular weight excluding hydrogens is 208 g/mol. The number of hydrogen-bond acceptors (Lipinski definition) is 2. The standard InChI is InChI=1S/C15H28N2/c1-12(2)14-9-16-15(7-3-4-8-15)11-17(14)10-13-5-6-13/h12-14,16H,3-11H2,1-2H3. The predicted octanol–water partition coefficient (Wildman–Crippen LogP) is 2.64. The van der Waals surface area contributed by atoms with Crippen molar-refractivity contribution in [3.05, 3.63) is 0 Å². The Bertz CT molecular complexity index is 264. The molecule has 3 fully saturated rings. The zero-order valence-corrected chi connectivity index (χ0v) is 11.5. The summed E-state index contributed by atoms with van der Waals surface area (Å²) in [6, 6.07) is 0.779. The van der Waals surface area contributed by atoms with Crippen molar-refractivity contribution in [2.75, 3.05) is 19.6 Å². The van der Waals surface area contributed by atoms with Gasteiger partial charge in [0, 0.05) is 31.2 Å². The summed E-state index contributed by atoms with van der Waals surface area (Å²) < 4.78 is 0. The topological polar surface area (TPSA) is 15.3 Å². The van der Waals surface area contributed by atoms with Crippen LogP contribution in [0.1, 0.15) is 52.4 Å². The summed E-state index contributed by atoms with van der Waals surface area (Å²) in [5.74, 6) is 1.83. The van der Waals surface area contributed by atoms with E-state index < -0.39 is 0 Å². The van der Waals surface area contributed by atoms with E-state index in [2.05, 4.69) is 24.1 Å². The van der Waals surface area contributed by atoms with Crippen molar-refractivity contribution in [2.24, 2.45) is 11.8 Å². The van der Waals surface area contributed by atoms with Gasteiger partial charge in [0.1, 0.15) is 0 Å². The molecule has 1 spiro atoms. The van der Waals surface area contributed by atoms with Gasteiger partial charge in [-0.15, -0.1) is 0 Å². The Kier molecular flexibility index (Phi) is 3.20. The molecule has 17 heavy (non-hydrogen) atoms. The van der Waals surface area contributed by atoms with Crippen LogP contribution in [0.15, 0.2) is 0 Å². The van der Waals surface area contributed by atoms with Crippen LogP contribution in [0.5, 0.6) is 0 Å². The molecule has 1 N–H and O–H groups in total. The van der Waals surface area contributed by atoms with E-state index in [4.69, 9.17) is 0 Å². The first-order valence-electron chi connectivity index (χ1n) is 7.68. The third kappa shape index (κ3) is 2.53. The van der Waals surface area contributed by atoms with Crippen molar-refractivity contribution in [1.82, 2.24) is 10.2 Å². The molecule has 2 saturated carbocycles. The first kappa shape index (κ1) is 12.0. The Morgan fingerprint density at radius 3 is 2.53 bits per heavy atom. The summed E-state index contributed by atoms with van der Waals surface area (Å²) in [4.78, 5) is 2.84. The lowest BCUT2D eigenvalue weighted by Crippen LogP contribution is -2.64. The molecule has 1 heterocycles. The van der Waals surface area contributed by atoms with Crippen molar-refractivity contribution in [1.29, 1.82) is 0 Å². The van der Waals surface area contributed by atoms with Crippen LogP contribution in [-0.2, 0) is 0 Å². The Hall–Kier alpha value is -0.0800. The van der Waals surface area contributed by atoms with Crippen molar-refractivity contribution < 1.29 is 0 Å². The molecule has 98 valence electrons. The van der Waals surface area contributed by atoms with Crippen molar-refractivity contribution >= 4 is 0 Å². The molecule has 1 aliphatic heterocycles. The van der Waals surface area contributed by atoms with Gasteiger partial charge in [0.05, 0.1) is 0 Å². The summed E-state index contributed by atoms with van der Waals surface area (Å²) in [6.45, 7) is 8.71. The highest BCUT2D eigenvalue weighted by Crippen LogP contribution is 2.37. The fraction of sp³-hybridized carbons (Fsp3) is 1.00. The normalized spacial score (nSPS) is 33.7. The molecule has 0 bridgehead atoms. The fourth-order valence-electron chi connectivity index (χ4n) is 3.89. The largest absolute Gasteiger partial charge is 0.308 e. The van der Waals surface area contributed by atoms with Gasteiger partial charge < -0.3 is 5.32 Å². The molecule has 2 aliphatic carbocycles. The first-order valence-corrected chi connectivity index (χ1v) is 7.68. The van der Waals surface area contributed by atoms with E-state index in [0.717, 1.165) is 17.9 Å². The molecule has 3 rings (SSSR count). The van der Waals surface area contributed by atoms with Gasteiger partial charge in [0.15, 0.2) is 0 Å². The van der Waals surface area contributed by atoms with Crippen LogP contribution in [0.3, 0.4) is 0 Å². The second-order valence-electron chi connectivity index (χ2n) is 7.05. The van der Waals surface area contributed by atoms with E-state index in [-0.39, 0.29) is 0 Å². The molecule has 0 amide bonds. The summed E-state index contributed by atoms with van der Waals surface area (Å²) in [7, 11) is 0. The van der Waals surface area contributed by atoms with E-state index in [0.29, 0.717) is 5.54 Å². The number of nitrogens with zero attached hydrogens (tertiary/aromatic N) is 1. The number of piperazine rings is 1. The monoisotopic (exact) mass is 236 g/mol. The number of rotatable bonds is 3. The molecule has 2 nitrogen and oxygen atoms in total. The van der Waals surface area contributed by atoms with Crippen LogP contribution in [0.25, 0.3) is 0 Å². The molecule has 3 aliphatic rings. The summed E-state index contributed by atoms with van der Waals surface area (Å²) >= 11 is 0. The molecule has 0 aromatic rings. The maximum atomic E-state index is 3.91. The third-order valence-corrected chi connectivity index (χ3v) is 5.18. The molecule has 1 unspecified atom stereocenters. The van der Waals surface area contributed by atoms with Gasteiger partial charge in [0.2, 0.25) is 0 Å². The zero-order valence-electron chi connectivity index (χ0n) is 11.5. The fourth-order valence-corrected chi connectivity index (χ4v) is 3.89. The van der Waals surface area contributed by atoms with Crippen LogP contribution < -0.4 is 5.32 Å². The zero-order chi connectivity index (χ0) is 11.9. The minimum Gasteiger partial charge on any atom is -0.308 e. The van der Waals surface area contributed by atoms with Gasteiger partial charge in [-0.2, -0.15) is 0 Å². The van der Waals surface area contributed by atoms with E-state index >= 15 is 0 Å². The van der Waals surface area contributed by atoms with E-state index in [1.807, 2.05) is 0 Å². The van der Waals surface area contributed by atoms with Crippen LogP contribution in [-0.4, -0.2) is 36.1 Å². The highest BCUT2D eigenvalue weighted by molar-refractivity contribution is 5.02. The summed E-state index contributed by atoms with van der Waals surface area (Å²) in [5, 5.41) is 3.91. The van der Waals surface area contributed by atoms with Crippen LogP contribution in [0, 0.1) is 11.8 Å². The molecule has 2 heteroatoms. The molecule has 1 saturated heterocycles. The van der Waals surface area contributed by atoms with E-state index in [1.165, 1.54) is 58.2 Å². The maximum absolute atomic E-state index is 3.91. The highest BCUT2D eigenvalue weighted by Gasteiger charge is 2.42. The van der Waals surface area contributed by atoms with Crippen LogP contribution in [0.2, 0.25) is 0 Å². The third-order valence-electron chi connectivity index (χ3n) is 5.18. The number of hydrogen-bond donors (Lipinski definition) is 1. The Balaban J connectivity index is 1.68. The van der Waals surface area contributed by atoms with E-state index in [9.17, 15) is 0 Å². The molecule has 1 atom stereocenters. The molecule has 0 aromatic heterocycles. The Labute approximate surface area is 106 Å². The van der Waals surface area contributed by atoms with Crippen molar-refractivity contribution in [3.63, 3.8) is 0 Å². The first-order chi connectivity index (χ1) is 8.19. The van der Waals surface area contributed by atoms with E-state index in [1.54, 1.807) is 0 Å². The predicted molar refractivity (Wildman–Crippen MR) is 72.1 cm³/mol. The quantitative estimate of drug-likeness (QED) is 0.810. The SMILES string of the molecule is CC(C)C1CNC2(CCCC2)CN1CC1CC1. The van der Waals surface area contributed by atoms with Gasteiger partial charge in [0.25, 0.3) is 0 Å². The van der Waals surface area contributed by atoms with Gasteiger partial charge in [-0.25, -0.2) is 0 Å². The Morgan fingerprint density at radius 1 is 1.24 bits per heavy atom. The average molecular weight is 236 g/mol. The van der Waals surface area contributed by atoms with Gasteiger partial charge >= 0.3 is 0 Å². The molecular formula is C15H28N2. The second-order valence-corrected chi connectivity index (χ2v) is 7.05. The summed E-state index contributed by atoms with van der Waals surface area (Å²) in [5.41, 5.74) is 0.500. The van der Waals surface area contributed by atoms with Gasteiger partial charge in [-0.3, -0.25) is 4.90 Å². The Morgan fingerprint density at radius 2 is 1.94 bits per heavy atom. The van der Waals surface area contributed by atoms with Gasteiger partial charge in [-0.05, 0) is 37.5 Å². The maximum Gasteiger partial charge on any atom is 0.0309 e. The van der Waals surface area contributed by atoms with Gasteiger partial charge in [-0.1, -0.05) is 26.7 Å². The minimum absolute atomic E-state index is 0.500. The lowest BCUT2D eigenvalue weighted by Gasteiger charge is -2.48. The molecule has 0 radical (unpaired) electrons. The average Bonchev–Trinajstić information content (AvgIpc) is 2.99. The smallest absolute Gasteiger partial charge is 0.0309 e. The second kappa shape index (κ2) is 4.55. The highest BCUT2D eigenvalue weighted by atomic mass is 15.3. The minimum atomic E-state index is 0.500. The van der Waals surface area contributed by atoms with Crippen LogP contribution in [0.4, 0.5) is 0 Å². The summed E-state index contributed by atoms with van der Waals surface area (Å²) in [6.07, 6.45) is 8.69. The van der Waals surface area contributed by atoms with Crippen molar-refractivity contribution in [3.8, 4) is 0 Å². The van der Waals surface area contributed by atoms with Crippen molar-refractivity contribution in [2.45, 2.75) is 64.0 Å². The van der Waals surface area contributed by atoms with Crippen LogP contribution >= 0.6 is 0 Å². The number of nitrogens with one attached hydrogen (secondary N) is 1.